The van der Waals surface area contributed by atoms with E-state index in [-0.39, 0.29) is 0 Å². The SMILES string of the molecule is C=C(C(=O)OC(OCC(F)(F)S(=O)(=O)[O-])(C(=O)OCC(C)=O)C(F)(F)F)C(F)(F)F. The van der Waals surface area contributed by atoms with Gasteiger partial charge in [0.05, 0.1) is 0 Å². The average Bonchev–Trinajstić information content (AvgIpc) is 2.52. The van der Waals surface area contributed by atoms with Crippen molar-refractivity contribution in [3.8, 4) is 0 Å². The topological polar surface area (TPSA) is 136 Å². The molecule has 0 heterocycles. The summed E-state index contributed by atoms with van der Waals surface area (Å²) in [5.74, 6) is -12.7. The molecule has 0 fully saturated rings. The highest BCUT2D eigenvalue weighted by Gasteiger charge is 2.69. The van der Waals surface area contributed by atoms with Crippen LogP contribution in [0.5, 0.6) is 0 Å². The molecular weight excluding hydrogens is 472 g/mol. The third-order valence-corrected chi connectivity index (χ3v) is 3.53. The van der Waals surface area contributed by atoms with Crippen LogP contribution in [-0.4, -0.2) is 67.3 Å². The lowest BCUT2D eigenvalue weighted by molar-refractivity contribution is -0.360. The van der Waals surface area contributed by atoms with Crippen LogP contribution in [0.25, 0.3) is 0 Å². The van der Waals surface area contributed by atoms with Crippen molar-refractivity contribution < 1.29 is 76.7 Å². The van der Waals surface area contributed by atoms with Crippen LogP contribution in [0.4, 0.5) is 35.1 Å². The first kappa shape index (κ1) is 27.7. The predicted octanol–water partition coefficient (Wildman–Crippen LogP) is 1.19. The molecule has 1 atom stereocenters. The Morgan fingerprint density at radius 2 is 1.47 bits per heavy atom. The summed E-state index contributed by atoms with van der Waals surface area (Å²) in [6.45, 7) is -1.94. The molecule has 0 aromatic heterocycles. The highest BCUT2D eigenvalue weighted by molar-refractivity contribution is 7.86. The molecule has 30 heavy (non-hydrogen) atoms. The first-order valence-corrected chi connectivity index (χ1v) is 8.19. The number of hydrogen-bond donors (Lipinski definition) is 0. The molecule has 0 aromatic carbocycles. The van der Waals surface area contributed by atoms with Gasteiger partial charge in [-0.2, -0.15) is 35.1 Å². The Balaban J connectivity index is 6.35. The zero-order valence-electron chi connectivity index (χ0n) is 14.2. The van der Waals surface area contributed by atoms with Crippen LogP contribution in [0.3, 0.4) is 0 Å². The van der Waals surface area contributed by atoms with E-state index >= 15 is 0 Å². The number of ether oxygens (including phenoxy) is 3. The number of carbonyl (C=O) groups is 3. The summed E-state index contributed by atoms with van der Waals surface area (Å²) in [5, 5.41) is -5.67. The monoisotopic (exact) mass is 481 g/mol. The Hall–Kier alpha value is -2.34. The summed E-state index contributed by atoms with van der Waals surface area (Å²) in [7, 11) is -6.71. The fourth-order valence-corrected chi connectivity index (χ4v) is 1.42. The normalized spacial score (nSPS) is 15.1. The van der Waals surface area contributed by atoms with Crippen LogP contribution in [0.2, 0.25) is 0 Å². The Labute approximate surface area is 161 Å². The van der Waals surface area contributed by atoms with Gasteiger partial charge in [0.2, 0.25) is 0 Å². The van der Waals surface area contributed by atoms with Crippen LogP contribution < -0.4 is 0 Å². The van der Waals surface area contributed by atoms with E-state index in [9.17, 15) is 62.5 Å². The van der Waals surface area contributed by atoms with Crippen LogP contribution in [-0.2, 0) is 38.7 Å². The van der Waals surface area contributed by atoms with E-state index in [1.807, 2.05) is 0 Å². The number of halogens is 8. The number of esters is 2. The molecule has 0 rings (SSSR count). The highest BCUT2D eigenvalue weighted by Crippen LogP contribution is 2.39. The maximum Gasteiger partial charge on any atom is 0.468 e. The van der Waals surface area contributed by atoms with Gasteiger partial charge < -0.3 is 18.8 Å². The number of hydrogen-bond acceptors (Lipinski definition) is 9. The van der Waals surface area contributed by atoms with Gasteiger partial charge in [-0.15, -0.1) is 0 Å². The second-order valence-electron chi connectivity index (χ2n) is 5.14. The van der Waals surface area contributed by atoms with Crippen molar-refractivity contribution in [2.45, 2.75) is 30.3 Å². The zero-order chi connectivity index (χ0) is 24.3. The van der Waals surface area contributed by atoms with Crippen molar-refractivity contribution in [1.29, 1.82) is 0 Å². The lowest BCUT2D eigenvalue weighted by Gasteiger charge is -2.33. The van der Waals surface area contributed by atoms with Crippen LogP contribution in [0.1, 0.15) is 6.92 Å². The van der Waals surface area contributed by atoms with E-state index in [1.54, 1.807) is 0 Å². The van der Waals surface area contributed by atoms with Crippen molar-refractivity contribution >= 4 is 27.8 Å². The van der Waals surface area contributed by atoms with E-state index in [0.717, 1.165) is 0 Å². The Morgan fingerprint density at radius 1 is 1.00 bits per heavy atom. The molecule has 0 saturated heterocycles. The van der Waals surface area contributed by atoms with Gasteiger partial charge in [-0.25, -0.2) is 18.0 Å². The Kier molecular flexibility index (Phi) is 8.11. The Morgan fingerprint density at radius 3 is 1.80 bits per heavy atom. The van der Waals surface area contributed by atoms with E-state index in [1.165, 1.54) is 0 Å². The summed E-state index contributed by atoms with van der Waals surface area (Å²) >= 11 is 0. The van der Waals surface area contributed by atoms with Crippen LogP contribution >= 0.6 is 0 Å². The first-order chi connectivity index (χ1) is 13.1. The number of carbonyl (C=O) groups excluding carboxylic acids is 3. The molecule has 174 valence electrons. The first-order valence-electron chi connectivity index (χ1n) is 6.78. The molecule has 0 amide bonds. The standard InChI is InChI=1S/C12H10F8O9S/c1-5(21)3-27-8(23)10(12(18,19)20,28-4-9(13,14)30(24,25)26)29-7(22)6(2)11(15,16)17/h2-4H2,1H3,(H,24,25,26)/p-1. The smallest absolute Gasteiger partial charge is 0.468 e. The summed E-state index contributed by atoms with van der Waals surface area (Å²) in [5.41, 5.74) is -2.66. The number of Topliss-reactive ketones (excluding diaryl/α,β-unsaturated/α-hetero) is 1. The molecule has 1 unspecified atom stereocenters. The van der Waals surface area contributed by atoms with Gasteiger partial charge in [-0.05, 0) is 6.92 Å². The average molecular weight is 481 g/mol. The van der Waals surface area contributed by atoms with E-state index < -0.39 is 70.0 Å². The molecule has 0 aliphatic rings. The van der Waals surface area contributed by atoms with Crippen LogP contribution in [0, 0.1) is 0 Å². The van der Waals surface area contributed by atoms with Crippen molar-refractivity contribution in [2.75, 3.05) is 13.2 Å². The summed E-state index contributed by atoms with van der Waals surface area (Å²) in [6, 6.07) is 0. The second-order valence-corrected chi connectivity index (χ2v) is 6.64. The molecule has 0 saturated carbocycles. The number of ketones is 1. The molecule has 18 heteroatoms. The molecular formula is C12H9F8O9S-. The minimum Gasteiger partial charge on any atom is -0.743 e. The maximum atomic E-state index is 13.4. The van der Waals surface area contributed by atoms with E-state index in [0.29, 0.717) is 6.92 Å². The van der Waals surface area contributed by atoms with Gasteiger partial charge in [0.25, 0.3) is 0 Å². The van der Waals surface area contributed by atoms with E-state index in [4.69, 9.17) is 0 Å². The molecule has 0 aliphatic heterocycles. The maximum absolute atomic E-state index is 13.4. The van der Waals surface area contributed by atoms with Gasteiger partial charge >= 0.3 is 35.3 Å². The van der Waals surface area contributed by atoms with Crippen molar-refractivity contribution in [2.24, 2.45) is 0 Å². The van der Waals surface area contributed by atoms with Crippen LogP contribution in [0.15, 0.2) is 12.2 Å². The largest absolute Gasteiger partial charge is 0.743 e. The van der Waals surface area contributed by atoms with Crippen molar-refractivity contribution in [1.82, 2.24) is 0 Å². The lowest BCUT2D eigenvalue weighted by Crippen LogP contribution is -2.60. The van der Waals surface area contributed by atoms with Gasteiger partial charge in [0, 0.05) is 0 Å². The zero-order valence-corrected chi connectivity index (χ0v) is 15.0. The summed E-state index contributed by atoms with van der Waals surface area (Å²) in [4.78, 5) is 33.8. The number of rotatable bonds is 9. The van der Waals surface area contributed by atoms with Gasteiger partial charge in [0.15, 0.2) is 15.9 Å². The quantitative estimate of drug-likeness (QED) is 0.156. The molecule has 9 nitrogen and oxygen atoms in total. The lowest BCUT2D eigenvalue weighted by atomic mass is 10.2. The van der Waals surface area contributed by atoms with E-state index in [2.05, 4.69) is 20.8 Å². The number of alkyl halides is 8. The van der Waals surface area contributed by atoms with Gasteiger partial charge in [-0.3, -0.25) is 4.79 Å². The highest BCUT2D eigenvalue weighted by atomic mass is 32.2. The van der Waals surface area contributed by atoms with Crippen molar-refractivity contribution in [3.05, 3.63) is 12.2 Å². The predicted molar refractivity (Wildman–Crippen MR) is 72.3 cm³/mol. The van der Waals surface area contributed by atoms with Gasteiger partial charge in [0.1, 0.15) is 18.8 Å². The molecule has 0 radical (unpaired) electrons. The molecule has 0 bridgehead atoms. The summed E-state index contributed by atoms with van der Waals surface area (Å²) < 4.78 is 145. The molecule has 0 aromatic rings. The minimum absolute atomic E-state index is 0.638. The van der Waals surface area contributed by atoms with Crippen molar-refractivity contribution in [3.63, 3.8) is 0 Å². The fraction of sp³-hybridized carbons (Fsp3) is 0.583. The fourth-order valence-electron chi connectivity index (χ4n) is 1.21. The molecule has 0 N–H and O–H groups in total. The second kappa shape index (κ2) is 8.80. The third-order valence-electron chi connectivity index (χ3n) is 2.68. The summed E-state index contributed by atoms with van der Waals surface area (Å²) in [6.07, 6.45) is -12.2. The van der Waals surface area contributed by atoms with Gasteiger partial charge in [-0.1, -0.05) is 6.58 Å². The molecule has 0 spiro atoms. The Bertz CT molecular complexity index is 815. The minimum atomic E-state index is -6.71. The molecule has 0 aliphatic carbocycles. The third kappa shape index (κ3) is 6.59.